The fourth-order valence-electron chi connectivity index (χ4n) is 1.45. The van der Waals surface area contributed by atoms with Crippen LogP contribution >= 0.6 is 0 Å². The third-order valence-corrected chi connectivity index (χ3v) is 2.17. The summed E-state index contributed by atoms with van der Waals surface area (Å²) in [7, 11) is 0. The Kier molecular flexibility index (Phi) is 2.29. The van der Waals surface area contributed by atoms with Gasteiger partial charge >= 0.3 is 0 Å². The number of nitrogens with zero attached hydrogens (tertiary/aromatic N) is 5. The van der Waals surface area contributed by atoms with Gasteiger partial charge in [-0.1, -0.05) is 0 Å². The first-order valence-electron chi connectivity index (χ1n) is 4.68. The molecular weight excluding hydrogens is 204 g/mol. The molecule has 2 rings (SSSR count). The second-order valence-corrected chi connectivity index (χ2v) is 3.33. The Bertz CT molecular complexity index is 577. The molecule has 0 aliphatic heterocycles. The van der Waals surface area contributed by atoms with Gasteiger partial charge in [0.05, 0.1) is 11.3 Å². The number of aryl methyl sites for hydroxylation is 2. The van der Waals surface area contributed by atoms with Crippen molar-refractivity contribution in [3.8, 4) is 11.9 Å². The van der Waals surface area contributed by atoms with Crippen LogP contribution in [0.1, 0.15) is 17.2 Å². The van der Waals surface area contributed by atoms with Crippen LogP contribution in [-0.4, -0.2) is 19.7 Å². The van der Waals surface area contributed by atoms with Gasteiger partial charge in [0.15, 0.2) is 5.82 Å². The topological polar surface area (TPSA) is 93.4 Å². The summed E-state index contributed by atoms with van der Waals surface area (Å²) in [6.07, 6.45) is 1.53. The number of nitrogen functional groups attached to an aromatic ring is 1. The Morgan fingerprint density at radius 1 is 1.44 bits per heavy atom. The molecule has 0 amide bonds. The molecule has 0 bridgehead atoms. The average Bonchev–Trinajstić information content (AvgIpc) is 2.58. The number of nitriles is 1. The number of hydrogen-bond donors (Lipinski definition) is 1. The highest BCUT2D eigenvalue weighted by atomic mass is 15.4. The fourth-order valence-corrected chi connectivity index (χ4v) is 1.45. The fraction of sp³-hybridized carbons (Fsp3) is 0.200. The first-order chi connectivity index (χ1) is 7.63. The first-order valence-corrected chi connectivity index (χ1v) is 4.68. The lowest BCUT2D eigenvalue weighted by atomic mass is 10.2. The van der Waals surface area contributed by atoms with Gasteiger partial charge in [0, 0.05) is 6.20 Å². The molecule has 80 valence electrons. The number of rotatable bonds is 1. The minimum absolute atomic E-state index is 0.318. The monoisotopic (exact) mass is 214 g/mol. The normalized spacial score (nSPS) is 10.1. The highest BCUT2D eigenvalue weighted by molar-refractivity contribution is 5.63. The zero-order chi connectivity index (χ0) is 11.7. The van der Waals surface area contributed by atoms with Gasteiger partial charge in [-0.25, -0.2) is 9.97 Å². The summed E-state index contributed by atoms with van der Waals surface area (Å²) < 4.78 is 1.53. The maximum atomic E-state index is 8.86. The van der Waals surface area contributed by atoms with Crippen molar-refractivity contribution < 1.29 is 0 Å². The van der Waals surface area contributed by atoms with Crippen molar-refractivity contribution >= 4 is 5.69 Å². The molecule has 0 aliphatic rings. The van der Waals surface area contributed by atoms with Crippen LogP contribution in [0.3, 0.4) is 0 Å². The SMILES string of the molecule is Cc1nc(C)n(-c2nccc(C#N)c2N)n1. The summed E-state index contributed by atoms with van der Waals surface area (Å²) in [5, 5.41) is 13.0. The van der Waals surface area contributed by atoms with E-state index in [9.17, 15) is 0 Å². The molecule has 2 aromatic rings. The van der Waals surface area contributed by atoms with Crippen LogP contribution in [0.5, 0.6) is 0 Å². The molecule has 0 saturated carbocycles. The molecule has 16 heavy (non-hydrogen) atoms. The third kappa shape index (κ3) is 1.48. The lowest BCUT2D eigenvalue weighted by Crippen LogP contribution is -2.07. The van der Waals surface area contributed by atoms with E-state index in [-0.39, 0.29) is 0 Å². The van der Waals surface area contributed by atoms with Crippen molar-refractivity contribution in [2.45, 2.75) is 13.8 Å². The highest BCUT2D eigenvalue weighted by Crippen LogP contribution is 2.18. The van der Waals surface area contributed by atoms with Gasteiger partial charge in [-0.3, -0.25) is 0 Å². The molecule has 0 fully saturated rings. The summed E-state index contributed by atoms with van der Waals surface area (Å²) in [4.78, 5) is 8.27. The van der Waals surface area contributed by atoms with E-state index in [2.05, 4.69) is 15.1 Å². The predicted octanol–water partition coefficient (Wildman–Crippen LogP) is 0.733. The Hall–Kier alpha value is -2.42. The number of anilines is 1. The molecule has 0 atom stereocenters. The van der Waals surface area contributed by atoms with Gasteiger partial charge in [0.1, 0.15) is 17.7 Å². The Balaban J connectivity index is 2.66. The smallest absolute Gasteiger partial charge is 0.180 e. The zero-order valence-electron chi connectivity index (χ0n) is 8.97. The molecule has 0 saturated heterocycles. The van der Waals surface area contributed by atoms with Crippen LogP contribution < -0.4 is 5.73 Å². The Morgan fingerprint density at radius 3 is 2.75 bits per heavy atom. The molecule has 6 nitrogen and oxygen atoms in total. The van der Waals surface area contributed by atoms with Crippen molar-refractivity contribution in [2.75, 3.05) is 5.73 Å². The number of aromatic nitrogens is 4. The van der Waals surface area contributed by atoms with Crippen LogP contribution in [-0.2, 0) is 0 Å². The van der Waals surface area contributed by atoms with Crippen LogP contribution in [0.4, 0.5) is 5.69 Å². The molecule has 0 aromatic carbocycles. The second-order valence-electron chi connectivity index (χ2n) is 3.33. The van der Waals surface area contributed by atoms with Crippen molar-refractivity contribution in [3.63, 3.8) is 0 Å². The standard InChI is InChI=1S/C10H10N6/c1-6-14-7(2)16(15-6)10-9(12)8(5-11)3-4-13-10/h3-4H,12H2,1-2H3. The Labute approximate surface area is 92.4 Å². The van der Waals surface area contributed by atoms with Crippen molar-refractivity contribution in [1.82, 2.24) is 19.7 Å². The zero-order valence-corrected chi connectivity index (χ0v) is 8.97. The maximum absolute atomic E-state index is 8.86. The van der Waals surface area contributed by atoms with E-state index >= 15 is 0 Å². The first kappa shape index (κ1) is 10.1. The lowest BCUT2D eigenvalue weighted by molar-refractivity contribution is 0.806. The summed E-state index contributed by atoms with van der Waals surface area (Å²) in [6, 6.07) is 3.57. The van der Waals surface area contributed by atoms with Gasteiger partial charge in [0.25, 0.3) is 0 Å². The molecule has 0 spiro atoms. The van der Waals surface area contributed by atoms with E-state index < -0.39 is 0 Å². The highest BCUT2D eigenvalue weighted by Gasteiger charge is 2.12. The van der Waals surface area contributed by atoms with Gasteiger partial charge in [0.2, 0.25) is 0 Å². The van der Waals surface area contributed by atoms with Crippen LogP contribution in [0.2, 0.25) is 0 Å². The molecule has 2 heterocycles. The van der Waals surface area contributed by atoms with Gasteiger partial charge in [-0.05, 0) is 19.9 Å². The summed E-state index contributed by atoms with van der Waals surface area (Å²) in [5.41, 5.74) is 6.53. The van der Waals surface area contributed by atoms with Gasteiger partial charge < -0.3 is 5.73 Å². The summed E-state index contributed by atoms with van der Waals surface area (Å²) in [5.74, 6) is 1.77. The number of hydrogen-bond acceptors (Lipinski definition) is 5. The molecule has 0 unspecified atom stereocenters. The van der Waals surface area contributed by atoms with Gasteiger partial charge in [-0.2, -0.15) is 9.94 Å². The maximum Gasteiger partial charge on any atom is 0.180 e. The minimum atomic E-state index is 0.318. The molecule has 2 aromatic heterocycles. The minimum Gasteiger partial charge on any atom is -0.395 e. The second kappa shape index (κ2) is 3.62. The van der Waals surface area contributed by atoms with E-state index in [1.54, 1.807) is 19.9 Å². The largest absolute Gasteiger partial charge is 0.395 e. The number of nitrogens with two attached hydrogens (primary N) is 1. The van der Waals surface area contributed by atoms with E-state index in [0.29, 0.717) is 28.7 Å². The summed E-state index contributed by atoms with van der Waals surface area (Å²) in [6.45, 7) is 3.59. The molecule has 6 heteroatoms. The van der Waals surface area contributed by atoms with Crippen LogP contribution in [0, 0.1) is 25.2 Å². The average molecular weight is 214 g/mol. The van der Waals surface area contributed by atoms with E-state index in [4.69, 9.17) is 11.0 Å². The molecule has 2 N–H and O–H groups in total. The summed E-state index contributed by atoms with van der Waals surface area (Å²) >= 11 is 0. The van der Waals surface area contributed by atoms with Crippen LogP contribution in [0.25, 0.3) is 5.82 Å². The number of pyridine rings is 1. The van der Waals surface area contributed by atoms with Crippen molar-refractivity contribution in [2.24, 2.45) is 0 Å². The predicted molar refractivity (Wildman–Crippen MR) is 57.8 cm³/mol. The Morgan fingerprint density at radius 2 is 2.19 bits per heavy atom. The van der Waals surface area contributed by atoms with E-state index in [0.717, 1.165) is 0 Å². The lowest BCUT2D eigenvalue weighted by Gasteiger charge is -2.05. The quantitative estimate of drug-likeness (QED) is 0.755. The van der Waals surface area contributed by atoms with Gasteiger partial charge in [-0.15, -0.1) is 5.10 Å². The molecule has 0 radical (unpaired) electrons. The molecular formula is C10H10N6. The molecule has 0 aliphatic carbocycles. The van der Waals surface area contributed by atoms with E-state index in [1.165, 1.54) is 10.9 Å². The van der Waals surface area contributed by atoms with Crippen LogP contribution in [0.15, 0.2) is 12.3 Å². The van der Waals surface area contributed by atoms with Crippen molar-refractivity contribution in [3.05, 3.63) is 29.5 Å². The van der Waals surface area contributed by atoms with Crippen molar-refractivity contribution in [1.29, 1.82) is 5.26 Å². The van der Waals surface area contributed by atoms with E-state index in [1.807, 2.05) is 6.07 Å². The third-order valence-electron chi connectivity index (χ3n) is 2.17.